The number of nitrogens with one attached hydrogen (secondary N) is 2. The van der Waals surface area contributed by atoms with E-state index in [1.54, 1.807) is 0 Å². The van der Waals surface area contributed by atoms with Gasteiger partial charge in [0.05, 0.1) is 5.69 Å². The maximum atomic E-state index is 5.29. The molecule has 0 amide bonds. The van der Waals surface area contributed by atoms with Gasteiger partial charge in [-0.05, 0) is 25.3 Å². The fourth-order valence-corrected chi connectivity index (χ4v) is 1.76. The van der Waals surface area contributed by atoms with Crippen molar-refractivity contribution in [1.82, 2.24) is 15.8 Å². The number of aromatic nitrogens is 1. The van der Waals surface area contributed by atoms with Crippen molar-refractivity contribution in [2.45, 2.75) is 39.2 Å². The van der Waals surface area contributed by atoms with Crippen molar-refractivity contribution < 1.29 is 4.52 Å². The van der Waals surface area contributed by atoms with Gasteiger partial charge in [0.2, 0.25) is 0 Å². The van der Waals surface area contributed by atoms with E-state index in [2.05, 4.69) is 35.7 Å². The van der Waals surface area contributed by atoms with Crippen LogP contribution in [-0.4, -0.2) is 24.8 Å². The summed E-state index contributed by atoms with van der Waals surface area (Å²) in [6.45, 7) is 8.30. The molecule has 1 heterocycles. The first-order valence-electron chi connectivity index (χ1n) is 6.62. The summed E-state index contributed by atoms with van der Waals surface area (Å²) in [5.41, 5.74) is 1.02. The predicted octanol–water partition coefficient (Wildman–Crippen LogP) is 1.89. The summed E-state index contributed by atoms with van der Waals surface area (Å²) in [5.74, 6) is 2.44. The first-order valence-corrected chi connectivity index (χ1v) is 6.62. The Hall–Kier alpha value is -0.870. The number of hydrogen-bond donors (Lipinski definition) is 2. The maximum absolute atomic E-state index is 5.29. The zero-order valence-electron chi connectivity index (χ0n) is 10.8. The molecule has 0 saturated heterocycles. The largest absolute Gasteiger partial charge is 0.361 e. The number of nitrogens with zero attached hydrogens (tertiary/aromatic N) is 1. The Balaban J connectivity index is 1.55. The van der Waals surface area contributed by atoms with Gasteiger partial charge in [-0.2, -0.15) is 0 Å². The Labute approximate surface area is 103 Å². The van der Waals surface area contributed by atoms with Crippen molar-refractivity contribution >= 4 is 0 Å². The minimum atomic E-state index is 0.656. The van der Waals surface area contributed by atoms with Crippen molar-refractivity contribution in [3.05, 3.63) is 17.5 Å². The van der Waals surface area contributed by atoms with Gasteiger partial charge in [-0.15, -0.1) is 0 Å². The monoisotopic (exact) mass is 237 g/mol. The van der Waals surface area contributed by atoms with E-state index in [-0.39, 0.29) is 0 Å². The minimum Gasteiger partial charge on any atom is -0.361 e. The Kier molecular flexibility index (Phi) is 4.57. The number of rotatable bonds is 8. The first kappa shape index (κ1) is 12.6. The highest BCUT2D eigenvalue weighted by molar-refractivity contribution is 5.14. The topological polar surface area (TPSA) is 50.1 Å². The van der Waals surface area contributed by atoms with Crippen LogP contribution in [0.5, 0.6) is 0 Å². The Morgan fingerprint density at radius 2 is 2.12 bits per heavy atom. The molecule has 0 aromatic carbocycles. The van der Waals surface area contributed by atoms with Crippen LogP contribution < -0.4 is 10.6 Å². The van der Waals surface area contributed by atoms with Gasteiger partial charge >= 0.3 is 0 Å². The Bertz CT molecular complexity index is 331. The molecule has 1 fully saturated rings. The van der Waals surface area contributed by atoms with Gasteiger partial charge in [0, 0.05) is 31.6 Å². The smallest absolute Gasteiger partial charge is 0.140 e. The molecular weight excluding hydrogens is 214 g/mol. The SMILES string of the molecule is CC(C)CNCCNCc1cc(C2CC2)on1. The van der Waals surface area contributed by atoms with Crippen molar-refractivity contribution in [3.8, 4) is 0 Å². The molecular formula is C13H23N3O. The first-order chi connectivity index (χ1) is 8.25. The van der Waals surface area contributed by atoms with Gasteiger partial charge in [0.15, 0.2) is 0 Å². The normalized spacial score (nSPS) is 15.7. The van der Waals surface area contributed by atoms with Gasteiger partial charge in [-0.3, -0.25) is 0 Å². The predicted molar refractivity (Wildman–Crippen MR) is 67.9 cm³/mol. The zero-order valence-corrected chi connectivity index (χ0v) is 10.8. The fourth-order valence-electron chi connectivity index (χ4n) is 1.76. The van der Waals surface area contributed by atoms with Gasteiger partial charge in [0.1, 0.15) is 5.76 Å². The lowest BCUT2D eigenvalue weighted by Gasteiger charge is -2.07. The molecule has 2 rings (SSSR count). The van der Waals surface area contributed by atoms with Crippen LogP contribution in [0, 0.1) is 5.92 Å². The van der Waals surface area contributed by atoms with E-state index in [1.807, 2.05) is 0 Å². The van der Waals surface area contributed by atoms with Crippen LogP contribution in [0.3, 0.4) is 0 Å². The summed E-state index contributed by atoms with van der Waals surface area (Å²) in [5, 5.41) is 10.8. The van der Waals surface area contributed by atoms with Crippen LogP contribution >= 0.6 is 0 Å². The third kappa shape index (κ3) is 4.48. The highest BCUT2D eigenvalue weighted by atomic mass is 16.5. The molecule has 0 spiro atoms. The molecule has 1 aromatic rings. The van der Waals surface area contributed by atoms with Crippen LogP contribution in [0.1, 0.15) is 44.1 Å². The van der Waals surface area contributed by atoms with E-state index in [1.165, 1.54) is 12.8 Å². The average Bonchev–Trinajstić information content (AvgIpc) is 3.04. The van der Waals surface area contributed by atoms with E-state index in [9.17, 15) is 0 Å². The van der Waals surface area contributed by atoms with Crippen molar-refractivity contribution in [2.24, 2.45) is 5.92 Å². The second-order valence-electron chi connectivity index (χ2n) is 5.27. The average molecular weight is 237 g/mol. The molecule has 17 heavy (non-hydrogen) atoms. The second-order valence-corrected chi connectivity index (χ2v) is 5.27. The third-order valence-electron chi connectivity index (χ3n) is 2.89. The van der Waals surface area contributed by atoms with Gasteiger partial charge in [-0.1, -0.05) is 19.0 Å². The van der Waals surface area contributed by atoms with Gasteiger partial charge < -0.3 is 15.2 Å². The van der Waals surface area contributed by atoms with E-state index in [0.717, 1.165) is 37.6 Å². The van der Waals surface area contributed by atoms with Crippen molar-refractivity contribution in [2.75, 3.05) is 19.6 Å². The molecule has 1 aromatic heterocycles. The second kappa shape index (κ2) is 6.17. The molecule has 96 valence electrons. The quantitative estimate of drug-likeness (QED) is 0.678. The van der Waals surface area contributed by atoms with Crippen molar-refractivity contribution in [3.63, 3.8) is 0 Å². The maximum Gasteiger partial charge on any atom is 0.140 e. The molecule has 0 aliphatic heterocycles. The lowest BCUT2D eigenvalue weighted by Crippen LogP contribution is -2.29. The standard InChI is InChI=1S/C13H23N3O/c1-10(2)8-14-5-6-15-9-12-7-13(17-16-12)11-3-4-11/h7,10-11,14-15H,3-6,8-9H2,1-2H3. The van der Waals surface area contributed by atoms with E-state index in [4.69, 9.17) is 4.52 Å². The molecule has 4 heteroatoms. The Morgan fingerprint density at radius 1 is 1.35 bits per heavy atom. The number of hydrogen-bond acceptors (Lipinski definition) is 4. The van der Waals surface area contributed by atoms with E-state index >= 15 is 0 Å². The van der Waals surface area contributed by atoms with E-state index in [0.29, 0.717) is 11.8 Å². The zero-order chi connectivity index (χ0) is 12.1. The lowest BCUT2D eigenvalue weighted by molar-refractivity contribution is 0.376. The van der Waals surface area contributed by atoms with Crippen LogP contribution in [0.25, 0.3) is 0 Å². The van der Waals surface area contributed by atoms with Crippen LogP contribution in [0.2, 0.25) is 0 Å². The van der Waals surface area contributed by atoms with E-state index < -0.39 is 0 Å². The molecule has 0 radical (unpaired) electrons. The molecule has 1 aliphatic carbocycles. The third-order valence-corrected chi connectivity index (χ3v) is 2.89. The van der Waals surface area contributed by atoms with Crippen molar-refractivity contribution in [1.29, 1.82) is 0 Å². The summed E-state index contributed by atoms with van der Waals surface area (Å²) in [6.07, 6.45) is 2.53. The van der Waals surface area contributed by atoms with Gasteiger partial charge in [-0.25, -0.2) is 0 Å². The summed E-state index contributed by atoms with van der Waals surface area (Å²) in [7, 11) is 0. The molecule has 1 aliphatic rings. The summed E-state index contributed by atoms with van der Waals surface area (Å²) in [6, 6.07) is 2.09. The summed E-state index contributed by atoms with van der Waals surface area (Å²) >= 11 is 0. The van der Waals surface area contributed by atoms with Crippen LogP contribution in [-0.2, 0) is 6.54 Å². The molecule has 0 unspecified atom stereocenters. The summed E-state index contributed by atoms with van der Waals surface area (Å²) in [4.78, 5) is 0. The highest BCUT2D eigenvalue weighted by Gasteiger charge is 2.27. The van der Waals surface area contributed by atoms with Crippen LogP contribution in [0.15, 0.2) is 10.6 Å². The molecule has 0 bridgehead atoms. The summed E-state index contributed by atoms with van der Waals surface area (Å²) < 4.78 is 5.29. The molecule has 1 saturated carbocycles. The van der Waals surface area contributed by atoms with Gasteiger partial charge in [0.25, 0.3) is 0 Å². The molecule has 4 nitrogen and oxygen atoms in total. The Morgan fingerprint density at radius 3 is 2.82 bits per heavy atom. The fraction of sp³-hybridized carbons (Fsp3) is 0.769. The minimum absolute atomic E-state index is 0.656. The molecule has 2 N–H and O–H groups in total. The highest BCUT2D eigenvalue weighted by Crippen LogP contribution is 2.40. The molecule has 0 atom stereocenters. The van der Waals surface area contributed by atoms with Crippen LogP contribution in [0.4, 0.5) is 0 Å². The lowest BCUT2D eigenvalue weighted by atomic mass is 10.2.